The van der Waals surface area contributed by atoms with Gasteiger partial charge in [-0.15, -0.1) is 0 Å². The first kappa shape index (κ1) is 17.1. The number of halogens is 2. The topological polar surface area (TPSA) is 55.1 Å². The third-order valence-corrected chi connectivity index (χ3v) is 5.53. The summed E-state index contributed by atoms with van der Waals surface area (Å²) in [6, 6.07) is 13.2. The monoisotopic (exact) mass is 362 g/mol. The minimum Gasteiger partial charge on any atom is -0.399 e. The summed E-state index contributed by atoms with van der Waals surface area (Å²) in [7, 11) is 0. The fourth-order valence-electron chi connectivity index (χ4n) is 3.14. The lowest BCUT2D eigenvalue weighted by molar-refractivity contribution is -0.129. The third-order valence-electron chi connectivity index (χ3n) is 4.79. The number of amides is 1. The summed E-state index contributed by atoms with van der Waals surface area (Å²) in [5, 5.41) is 4.08. The molecule has 0 spiro atoms. The van der Waals surface area contributed by atoms with Crippen molar-refractivity contribution in [1.82, 2.24) is 5.32 Å². The number of hydrogen-bond donors (Lipinski definition) is 2. The van der Waals surface area contributed by atoms with Crippen LogP contribution in [0.4, 0.5) is 5.69 Å². The molecule has 24 heavy (non-hydrogen) atoms. The molecule has 3 N–H and O–H groups in total. The molecule has 1 saturated carbocycles. The fraction of sp³-hybridized carbons (Fsp3) is 0.316. The molecular weight excluding hydrogens is 343 g/mol. The van der Waals surface area contributed by atoms with Gasteiger partial charge in [0.1, 0.15) is 0 Å². The SMILES string of the molecule is Nc1ccc(CCNC(=O)C2(c3ccc(Cl)c(Cl)c3)CCC2)cc1. The standard InChI is InChI=1S/C19H20Cl2N2O/c20-16-7-4-14(12-17(16)21)19(9-1-10-19)18(24)23-11-8-13-2-5-15(22)6-3-13/h2-7,12H,1,8-11,22H2,(H,23,24). The molecule has 5 heteroatoms. The van der Waals surface area contributed by atoms with Crippen molar-refractivity contribution in [2.24, 2.45) is 0 Å². The fourth-order valence-corrected chi connectivity index (χ4v) is 3.44. The third kappa shape index (κ3) is 3.38. The van der Waals surface area contributed by atoms with E-state index in [2.05, 4.69) is 5.32 Å². The van der Waals surface area contributed by atoms with Crippen LogP contribution in [-0.2, 0) is 16.6 Å². The van der Waals surface area contributed by atoms with Gasteiger partial charge in [-0.2, -0.15) is 0 Å². The Morgan fingerprint density at radius 3 is 2.38 bits per heavy atom. The van der Waals surface area contributed by atoms with Gasteiger partial charge in [0.05, 0.1) is 15.5 Å². The first-order chi connectivity index (χ1) is 11.5. The van der Waals surface area contributed by atoms with Crippen LogP contribution in [-0.4, -0.2) is 12.5 Å². The van der Waals surface area contributed by atoms with E-state index in [1.54, 1.807) is 6.07 Å². The predicted octanol–water partition coefficient (Wildman–Crippen LogP) is 4.36. The van der Waals surface area contributed by atoms with Crippen LogP contribution >= 0.6 is 23.2 Å². The largest absolute Gasteiger partial charge is 0.399 e. The minimum absolute atomic E-state index is 0.0718. The number of hydrogen-bond acceptors (Lipinski definition) is 2. The average molecular weight is 363 g/mol. The number of nitrogens with one attached hydrogen (secondary N) is 1. The first-order valence-electron chi connectivity index (χ1n) is 8.09. The van der Waals surface area contributed by atoms with Gasteiger partial charge in [0, 0.05) is 12.2 Å². The van der Waals surface area contributed by atoms with E-state index >= 15 is 0 Å². The molecule has 0 heterocycles. The second-order valence-electron chi connectivity index (χ2n) is 6.31. The second-order valence-corrected chi connectivity index (χ2v) is 7.13. The summed E-state index contributed by atoms with van der Waals surface area (Å²) in [5.74, 6) is 0.0718. The van der Waals surface area contributed by atoms with E-state index in [-0.39, 0.29) is 5.91 Å². The normalized spacial score (nSPS) is 15.6. The van der Waals surface area contributed by atoms with Crippen LogP contribution in [0, 0.1) is 0 Å². The summed E-state index contributed by atoms with van der Waals surface area (Å²) < 4.78 is 0. The Labute approximate surface area is 152 Å². The molecule has 126 valence electrons. The molecule has 1 amide bonds. The van der Waals surface area contributed by atoms with Gasteiger partial charge in [0.25, 0.3) is 0 Å². The lowest BCUT2D eigenvalue weighted by Crippen LogP contribution is -2.49. The van der Waals surface area contributed by atoms with Crippen molar-refractivity contribution in [2.75, 3.05) is 12.3 Å². The lowest BCUT2D eigenvalue weighted by Gasteiger charge is -2.41. The van der Waals surface area contributed by atoms with Crippen molar-refractivity contribution in [3.63, 3.8) is 0 Å². The number of benzene rings is 2. The Morgan fingerprint density at radius 2 is 1.79 bits per heavy atom. The summed E-state index contributed by atoms with van der Waals surface area (Å²) in [4.78, 5) is 12.8. The van der Waals surface area contributed by atoms with Gasteiger partial charge in [0.2, 0.25) is 5.91 Å². The van der Waals surface area contributed by atoms with Crippen LogP contribution in [0.25, 0.3) is 0 Å². The highest BCUT2D eigenvalue weighted by Gasteiger charge is 2.45. The summed E-state index contributed by atoms with van der Waals surface area (Å²) in [6.07, 6.45) is 3.52. The van der Waals surface area contributed by atoms with E-state index < -0.39 is 5.41 Å². The van der Waals surface area contributed by atoms with Gasteiger partial charge in [-0.3, -0.25) is 4.79 Å². The molecule has 1 aliphatic carbocycles. The Kier molecular flexibility index (Phi) is 5.02. The molecule has 2 aromatic carbocycles. The summed E-state index contributed by atoms with van der Waals surface area (Å²) in [5.41, 5.74) is 8.07. The second kappa shape index (κ2) is 7.04. The van der Waals surface area contributed by atoms with Gasteiger partial charge in [-0.05, 0) is 54.7 Å². The molecule has 1 aliphatic rings. The van der Waals surface area contributed by atoms with E-state index in [1.807, 2.05) is 36.4 Å². The maximum absolute atomic E-state index is 12.8. The molecule has 3 nitrogen and oxygen atoms in total. The zero-order valence-electron chi connectivity index (χ0n) is 13.3. The van der Waals surface area contributed by atoms with Crippen LogP contribution < -0.4 is 11.1 Å². The van der Waals surface area contributed by atoms with Gasteiger partial charge in [0.15, 0.2) is 0 Å². The molecule has 3 rings (SSSR count). The number of anilines is 1. The molecular formula is C19H20Cl2N2O. The van der Waals surface area contributed by atoms with E-state index in [4.69, 9.17) is 28.9 Å². The van der Waals surface area contributed by atoms with Crippen LogP contribution in [0.3, 0.4) is 0 Å². The molecule has 0 unspecified atom stereocenters. The average Bonchev–Trinajstić information content (AvgIpc) is 2.52. The molecule has 0 saturated heterocycles. The van der Waals surface area contributed by atoms with Crippen molar-refractivity contribution in [3.05, 3.63) is 63.6 Å². The van der Waals surface area contributed by atoms with E-state index in [9.17, 15) is 4.79 Å². The maximum atomic E-state index is 12.8. The molecule has 0 aliphatic heterocycles. The zero-order chi connectivity index (χ0) is 17.2. The molecule has 0 atom stereocenters. The Morgan fingerprint density at radius 1 is 1.08 bits per heavy atom. The Bertz CT molecular complexity index is 740. The van der Waals surface area contributed by atoms with Gasteiger partial charge >= 0.3 is 0 Å². The molecule has 1 fully saturated rings. The van der Waals surface area contributed by atoms with Crippen molar-refractivity contribution >= 4 is 34.8 Å². The molecule has 0 radical (unpaired) electrons. The molecule has 0 bridgehead atoms. The van der Waals surface area contributed by atoms with E-state index in [1.165, 1.54) is 0 Å². The minimum atomic E-state index is -0.463. The van der Waals surface area contributed by atoms with Crippen LogP contribution in [0.2, 0.25) is 10.0 Å². The van der Waals surface area contributed by atoms with Crippen LogP contribution in [0.5, 0.6) is 0 Å². The summed E-state index contributed by atoms with van der Waals surface area (Å²) >= 11 is 12.1. The summed E-state index contributed by atoms with van der Waals surface area (Å²) in [6.45, 7) is 0.603. The van der Waals surface area contributed by atoms with Gasteiger partial charge in [-0.1, -0.05) is 47.8 Å². The number of nitrogen functional groups attached to an aromatic ring is 1. The number of carbonyl (C=O) groups excluding carboxylic acids is 1. The Hall–Kier alpha value is -1.71. The van der Waals surface area contributed by atoms with Crippen molar-refractivity contribution in [1.29, 1.82) is 0 Å². The lowest BCUT2D eigenvalue weighted by atomic mass is 9.64. The quantitative estimate of drug-likeness (QED) is 0.776. The van der Waals surface area contributed by atoms with Crippen molar-refractivity contribution < 1.29 is 4.79 Å². The van der Waals surface area contributed by atoms with E-state index in [0.717, 1.165) is 42.5 Å². The number of nitrogens with two attached hydrogens (primary N) is 1. The highest BCUT2D eigenvalue weighted by atomic mass is 35.5. The molecule has 2 aromatic rings. The van der Waals surface area contributed by atoms with Crippen molar-refractivity contribution in [2.45, 2.75) is 31.1 Å². The van der Waals surface area contributed by atoms with Crippen LogP contribution in [0.1, 0.15) is 30.4 Å². The zero-order valence-corrected chi connectivity index (χ0v) is 14.8. The smallest absolute Gasteiger partial charge is 0.230 e. The number of carbonyl (C=O) groups is 1. The van der Waals surface area contributed by atoms with E-state index in [0.29, 0.717) is 16.6 Å². The van der Waals surface area contributed by atoms with Gasteiger partial charge < -0.3 is 11.1 Å². The van der Waals surface area contributed by atoms with Gasteiger partial charge in [-0.25, -0.2) is 0 Å². The molecule has 0 aromatic heterocycles. The highest BCUT2D eigenvalue weighted by Crippen LogP contribution is 2.45. The highest BCUT2D eigenvalue weighted by molar-refractivity contribution is 6.42. The van der Waals surface area contributed by atoms with Crippen LogP contribution in [0.15, 0.2) is 42.5 Å². The maximum Gasteiger partial charge on any atom is 0.230 e. The predicted molar refractivity (Wildman–Crippen MR) is 99.6 cm³/mol. The first-order valence-corrected chi connectivity index (χ1v) is 8.85. The Balaban J connectivity index is 1.65. The number of rotatable bonds is 5. The van der Waals surface area contributed by atoms with Crippen molar-refractivity contribution in [3.8, 4) is 0 Å².